The summed E-state index contributed by atoms with van der Waals surface area (Å²) in [5.74, 6) is 1.60. The molecule has 0 amide bonds. The Labute approximate surface area is 259 Å². The number of aromatic nitrogens is 4. The summed E-state index contributed by atoms with van der Waals surface area (Å²) in [6.45, 7) is 4.62. The molecule has 0 saturated carbocycles. The van der Waals surface area contributed by atoms with Gasteiger partial charge < -0.3 is 0 Å². The summed E-state index contributed by atoms with van der Waals surface area (Å²) in [6, 6.07) is 47.8. The van der Waals surface area contributed by atoms with Gasteiger partial charge in [0.05, 0.1) is 27.8 Å². The van der Waals surface area contributed by atoms with Crippen molar-refractivity contribution in [1.29, 1.82) is 0 Å². The van der Waals surface area contributed by atoms with E-state index in [1.165, 1.54) is 43.4 Å². The van der Waals surface area contributed by atoms with E-state index in [-0.39, 0.29) is 5.41 Å². The van der Waals surface area contributed by atoms with E-state index < -0.39 is 0 Å². The first-order chi connectivity index (χ1) is 22.1. The van der Waals surface area contributed by atoms with Gasteiger partial charge in [0, 0.05) is 32.5 Å². The normalized spacial score (nSPS) is 13.7. The van der Waals surface area contributed by atoms with Crippen LogP contribution >= 0.6 is 0 Å². The molecule has 3 heterocycles. The van der Waals surface area contributed by atoms with Gasteiger partial charge in [0.15, 0.2) is 5.82 Å². The second-order valence-corrected chi connectivity index (χ2v) is 12.6. The predicted octanol–water partition coefficient (Wildman–Crippen LogP) is 10.1. The summed E-state index contributed by atoms with van der Waals surface area (Å²) in [7, 11) is 0. The smallest absolute Gasteiger partial charge is 0.236 e. The number of hydrogen-bond acceptors (Lipinski definition) is 2. The maximum atomic E-state index is 5.62. The fraction of sp³-hybridized carbons (Fsp3) is 0.0732. The first-order valence-corrected chi connectivity index (χ1v) is 15.5. The average molecular weight is 577 g/mol. The average Bonchev–Trinajstić information content (AvgIpc) is 3.68. The summed E-state index contributed by atoms with van der Waals surface area (Å²) in [5.41, 5.74) is 8.83. The van der Waals surface area contributed by atoms with Gasteiger partial charge in [0.25, 0.3) is 0 Å². The van der Waals surface area contributed by atoms with Crippen molar-refractivity contribution >= 4 is 54.4 Å². The van der Waals surface area contributed by atoms with Crippen molar-refractivity contribution < 1.29 is 0 Å². The fourth-order valence-corrected chi connectivity index (χ4v) is 7.86. The second kappa shape index (κ2) is 8.67. The van der Waals surface area contributed by atoms with Crippen LogP contribution in [0.15, 0.2) is 133 Å². The van der Waals surface area contributed by atoms with Crippen molar-refractivity contribution in [1.82, 2.24) is 19.1 Å². The zero-order valence-corrected chi connectivity index (χ0v) is 25.0. The van der Waals surface area contributed by atoms with Gasteiger partial charge >= 0.3 is 0 Å². The lowest BCUT2D eigenvalue weighted by atomic mass is 9.84. The van der Waals surface area contributed by atoms with Crippen LogP contribution in [0.1, 0.15) is 25.1 Å². The molecule has 0 N–H and O–H groups in total. The molecule has 45 heavy (non-hydrogen) atoms. The minimum Gasteiger partial charge on any atom is -0.293 e. The standard InChI is InChI=1S/C41H28N4/c1-41(2)31-24-23-25-13-3-4-14-26(25)36(31)37-38(41)42-40(45-34-21-11-7-17-29(34)30-18-8-12-22-35(30)45)43-39(37)44-32-19-9-5-15-27(32)28-16-6-10-20-33(28)44/h3-24H,1-2H3. The zero-order valence-electron chi connectivity index (χ0n) is 25.0. The molecule has 0 unspecified atom stereocenters. The molecule has 4 heteroatoms. The van der Waals surface area contributed by atoms with Crippen LogP contribution in [0.3, 0.4) is 0 Å². The van der Waals surface area contributed by atoms with E-state index in [0.717, 1.165) is 39.1 Å². The number of benzene rings is 6. The molecule has 0 aliphatic heterocycles. The largest absolute Gasteiger partial charge is 0.293 e. The van der Waals surface area contributed by atoms with E-state index >= 15 is 0 Å². The molecule has 9 aromatic rings. The monoisotopic (exact) mass is 576 g/mol. The maximum Gasteiger partial charge on any atom is 0.236 e. The topological polar surface area (TPSA) is 35.6 Å². The van der Waals surface area contributed by atoms with Crippen LogP contribution < -0.4 is 0 Å². The molecule has 0 bridgehead atoms. The molecule has 3 aromatic heterocycles. The van der Waals surface area contributed by atoms with Gasteiger partial charge in [0.1, 0.15) is 0 Å². The second-order valence-electron chi connectivity index (χ2n) is 12.6. The van der Waals surface area contributed by atoms with E-state index in [9.17, 15) is 0 Å². The molecular weight excluding hydrogens is 548 g/mol. The number of fused-ring (bicyclic) bond motifs is 11. The predicted molar refractivity (Wildman–Crippen MR) is 186 cm³/mol. The van der Waals surface area contributed by atoms with E-state index in [1.54, 1.807) is 0 Å². The molecule has 0 fully saturated rings. The quantitative estimate of drug-likeness (QED) is 0.205. The van der Waals surface area contributed by atoms with E-state index in [4.69, 9.17) is 9.97 Å². The summed E-state index contributed by atoms with van der Waals surface area (Å²) >= 11 is 0. The minimum atomic E-state index is -0.335. The molecule has 0 spiro atoms. The van der Waals surface area contributed by atoms with Gasteiger partial charge in [-0.15, -0.1) is 0 Å². The SMILES string of the molecule is CC1(C)c2ccc3ccccc3c2-c2c(-n3c4ccccc4c4ccccc43)nc(-n3c4ccccc4c4ccccc43)nc21. The first-order valence-electron chi connectivity index (χ1n) is 15.5. The Morgan fingerprint density at radius 1 is 0.444 bits per heavy atom. The first kappa shape index (κ1) is 24.7. The molecule has 10 rings (SSSR count). The fourth-order valence-electron chi connectivity index (χ4n) is 7.86. The van der Waals surface area contributed by atoms with Gasteiger partial charge in [-0.05, 0) is 46.2 Å². The highest BCUT2D eigenvalue weighted by molar-refractivity contribution is 6.12. The van der Waals surface area contributed by atoms with E-state index in [1.807, 2.05) is 0 Å². The number of rotatable bonds is 2. The molecule has 4 nitrogen and oxygen atoms in total. The van der Waals surface area contributed by atoms with Crippen LogP contribution in [0.2, 0.25) is 0 Å². The van der Waals surface area contributed by atoms with Crippen LogP contribution in [0.5, 0.6) is 0 Å². The Bertz CT molecular complexity index is 2580. The molecule has 6 aromatic carbocycles. The van der Waals surface area contributed by atoms with E-state index in [2.05, 4.69) is 156 Å². The lowest BCUT2D eigenvalue weighted by Gasteiger charge is -2.22. The summed E-state index contributed by atoms with van der Waals surface area (Å²) in [4.78, 5) is 11.2. The third-order valence-electron chi connectivity index (χ3n) is 9.89. The van der Waals surface area contributed by atoms with Crippen molar-refractivity contribution in [3.63, 3.8) is 0 Å². The Morgan fingerprint density at radius 2 is 0.911 bits per heavy atom. The van der Waals surface area contributed by atoms with Crippen LogP contribution in [0.4, 0.5) is 0 Å². The molecule has 0 atom stereocenters. The highest BCUT2D eigenvalue weighted by Gasteiger charge is 2.41. The molecule has 212 valence electrons. The van der Waals surface area contributed by atoms with Crippen LogP contribution in [-0.2, 0) is 5.41 Å². The summed E-state index contributed by atoms with van der Waals surface area (Å²) in [5, 5.41) is 7.29. The van der Waals surface area contributed by atoms with Gasteiger partial charge in [-0.25, -0.2) is 4.98 Å². The van der Waals surface area contributed by atoms with Crippen molar-refractivity contribution in [2.45, 2.75) is 19.3 Å². The highest BCUT2D eigenvalue weighted by atomic mass is 15.2. The third kappa shape index (κ3) is 3.16. The van der Waals surface area contributed by atoms with Gasteiger partial charge in [-0.3, -0.25) is 9.13 Å². The minimum absolute atomic E-state index is 0.335. The number of para-hydroxylation sites is 4. The summed E-state index contributed by atoms with van der Waals surface area (Å²) in [6.07, 6.45) is 0. The van der Waals surface area contributed by atoms with E-state index in [0.29, 0.717) is 5.95 Å². The van der Waals surface area contributed by atoms with Gasteiger partial charge in [-0.2, -0.15) is 4.98 Å². The molecular formula is C41H28N4. The molecule has 0 radical (unpaired) electrons. The Kier molecular flexibility index (Phi) is 4.76. The van der Waals surface area contributed by atoms with Crippen LogP contribution in [0.25, 0.3) is 77.3 Å². The Hall–Kier alpha value is -5.74. The Morgan fingerprint density at radius 3 is 1.47 bits per heavy atom. The lowest BCUT2D eigenvalue weighted by molar-refractivity contribution is 0.632. The molecule has 0 saturated heterocycles. The summed E-state index contributed by atoms with van der Waals surface area (Å²) < 4.78 is 4.62. The Balaban J connectivity index is 1.43. The van der Waals surface area contributed by atoms with Gasteiger partial charge in [-0.1, -0.05) is 123 Å². The zero-order chi connectivity index (χ0) is 29.9. The molecule has 1 aliphatic carbocycles. The van der Waals surface area contributed by atoms with Crippen molar-refractivity contribution in [3.05, 3.63) is 145 Å². The lowest BCUT2D eigenvalue weighted by Crippen LogP contribution is -2.19. The molecule has 1 aliphatic rings. The van der Waals surface area contributed by atoms with Crippen molar-refractivity contribution in [3.8, 4) is 22.9 Å². The highest BCUT2D eigenvalue weighted by Crippen LogP contribution is 2.53. The van der Waals surface area contributed by atoms with Gasteiger partial charge in [0.2, 0.25) is 5.95 Å². The maximum absolute atomic E-state index is 5.62. The van der Waals surface area contributed by atoms with Crippen molar-refractivity contribution in [2.75, 3.05) is 0 Å². The third-order valence-corrected chi connectivity index (χ3v) is 9.89. The number of hydrogen-bond donors (Lipinski definition) is 0. The number of nitrogens with zero attached hydrogens (tertiary/aromatic N) is 4. The van der Waals surface area contributed by atoms with Crippen molar-refractivity contribution in [2.24, 2.45) is 0 Å². The van der Waals surface area contributed by atoms with Crippen LogP contribution in [-0.4, -0.2) is 19.1 Å². The van der Waals surface area contributed by atoms with Crippen LogP contribution in [0, 0.1) is 0 Å².